The molecule has 0 N–H and O–H groups in total. The van der Waals surface area contributed by atoms with Gasteiger partial charge < -0.3 is 14.2 Å². The predicted octanol–water partition coefficient (Wildman–Crippen LogP) is 3.70. The maximum absolute atomic E-state index is 12.5. The first-order valence-corrected chi connectivity index (χ1v) is 8.15. The first-order chi connectivity index (χ1) is 11.7. The highest BCUT2D eigenvalue weighted by atomic mass is 16.6. The summed E-state index contributed by atoms with van der Waals surface area (Å²) in [5.74, 6) is 0.878. The number of rotatable bonds is 5. The van der Waals surface area contributed by atoms with Crippen LogP contribution in [0.15, 0.2) is 54.6 Å². The van der Waals surface area contributed by atoms with E-state index in [0.29, 0.717) is 13.0 Å². The number of carbonyl (C=O) groups is 1. The van der Waals surface area contributed by atoms with E-state index in [1.165, 1.54) is 0 Å². The van der Waals surface area contributed by atoms with Gasteiger partial charge in [0.2, 0.25) is 0 Å². The van der Waals surface area contributed by atoms with Crippen molar-refractivity contribution in [1.82, 2.24) is 0 Å². The third-order valence-corrected chi connectivity index (χ3v) is 4.27. The minimum Gasteiger partial charge on any atom is -0.497 e. The number of Topliss-reactive ketones (excluding diaryl/α,β-unsaturated/α-hetero) is 1. The summed E-state index contributed by atoms with van der Waals surface area (Å²) in [5.41, 5.74) is 2.03. The fourth-order valence-electron chi connectivity index (χ4n) is 2.94. The summed E-state index contributed by atoms with van der Waals surface area (Å²) >= 11 is 0. The Morgan fingerprint density at radius 3 is 2.42 bits per heavy atom. The smallest absolute Gasteiger partial charge is 0.167 e. The summed E-state index contributed by atoms with van der Waals surface area (Å²) in [7, 11) is 1.63. The molecule has 2 aromatic carbocycles. The Hall–Kier alpha value is -2.17. The summed E-state index contributed by atoms with van der Waals surface area (Å²) in [6.45, 7) is 2.31. The van der Waals surface area contributed by atoms with Gasteiger partial charge in [0.25, 0.3) is 0 Å². The lowest BCUT2D eigenvalue weighted by molar-refractivity contribution is -0.166. The van der Waals surface area contributed by atoms with E-state index >= 15 is 0 Å². The van der Waals surface area contributed by atoms with E-state index in [0.717, 1.165) is 16.9 Å². The maximum Gasteiger partial charge on any atom is 0.167 e. The molecule has 1 heterocycles. The number of ketones is 1. The van der Waals surface area contributed by atoms with Gasteiger partial charge in [-0.2, -0.15) is 0 Å². The molecule has 0 radical (unpaired) electrons. The minimum atomic E-state index is -0.514. The number of hydrogen-bond acceptors (Lipinski definition) is 4. The standard InChI is InChI=1S/C20H22O4/c1-14-20(23-13-15-6-4-3-5-7-15)18(21)12-19(24-14)16-8-10-17(22-2)11-9-16/h3-11,14,19-20H,12-13H2,1-2H3/t14-,19+,20-/m1/s1. The molecule has 1 saturated heterocycles. The van der Waals surface area contributed by atoms with Crippen LogP contribution < -0.4 is 4.74 Å². The molecule has 4 heteroatoms. The van der Waals surface area contributed by atoms with Crippen molar-refractivity contribution < 1.29 is 19.0 Å². The summed E-state index contributed by atoms with van der Waals surface area (Å²) < 4.78 is 17.0. The van der Waals surface area contributed by atoms with Gasteiger partial charge in [-0.15, -0.1) is 0 Å². The van der Waals surface area contributed by atoms with Crippen LogP contribution in [0.2, 0.25) is 0 Å². The van der Waals surface area contributed by atoms with Crippen LogP contribution in [0.5, 0.6) is 5.75 Å². The van der Waals surface area contributed by atoms with Crippen LogP contribution >= 0.6 is 0 Å². The fourth-order valence-corrected chi connectivity index (χ4v) is 2.94. The van der Waals surface area contributed by atoms with Crippen molar-refractivity contribution in [3.63, 3.8) is 0 Å². The second-order valence-corrected chi connectivity index (χ2v) is 5.99. The van der Waals surface area contributed by atoms with Crippen LogP contribution in [-0.4, -0.2) is 25.1 Å². The van der Waals surface area contributed by atoms with Gasteiger partial charge in [-0.05, 0) is 30.2 Å². The highest BCUT2D eigenvalue weighted by molar-refractivity contribution is 5.85. The highest BCUT2D eigenvalue weighted by Gasteiger charge is 2.36. The van der Waals surface area contributed by atoms with E-state index in [2.05, 4.69) is 0 Å². The van der Waals surface area contributed by atoms with E-state index in [-0.39, 0.29) is 18.0 Å². The lowest BCUT2D eigenvalue weighted by atomic mass is 9.95. The average molecular weight is 326 g/mol. The van der Waals surface area contributed by atoms with Gasteiger partial charge in [-0.25, -0.2) is 0 Å². The lowest BCUT2D eigenvalue weighted by Crippen LogP contribution is -2.42. The topological polar surface area (TPSA) is 44.8 Å². The molecule has 0 aliphatic carbocycles. The van der Waals surface area contributed by atoms with Crippen molar-refractivity contribution in [3.05, 3.63) is 65.7 Å². The Balaban J connectivity index is 1.62. The molecule has 0 aromatic heterocycles. The molecule has 1 fully saturated rings. The van der Waals surface area contributed by atoms with E-state index in [1.807, 2.05) is 61.5 Å². The van der Waals surface area contributed by atoms with Crippen molar-refractivity contribution in [3.8, 4) is 5.75 Å². The normalized spacial score (nSPS) is 23.9. The van der Waals surface area contributed by atoms with E-state index < -0.39 is 6.10 Å². The molecule has 3 atom stereocenters. The summed E-state index contributed by atoms with van der Waals surface area (Å²) in [6.07, 6.45) is -0.687. The third-order valence-electron chi connectivity index (χ3n) is 4.27. The van der Waals surface area contributed by atoms with Gasteiger partial charge >= 0.3 is 0 Å². The van der Waals surface area contributed by atoms with Crippen molar-refractivity contribution in [2.75, 3.05) is 7.11 Å². The molecule has 2 aromatic rings. The average Bonchev–Trinajstić information content (AvgIpc) is 2.62. The number of hydrogen-bond donors (Lipinski definition) is 0. The van der Waals surface area contributed by atoms with Gasteiger partial charge in [-0.1, -0.05) is 42.5 Å². The quantitative estimate of drug-likeness (QED) is 0.840. The Bertz CT molecular complexity index is 666. The van der Waals surface area contributed by atoms with Gasteiger partial charge in [0.05, 0.1) is 25.9 Å². The van der Waals surface area contributed by atoms with Crippen molar-refractivity contribution in [2.45, 2.75) is 38.3 Å². The second kappa shape index (κ2) is 7.60. The molecule has 0 bridgehead atoms. The zero-order valence-corrected chi connectivity index (χ0v) is 14.0. The number of carbonyl (C=O) groups excluding carboxylic acids is 1. The molecule has 0 unspecified atom stereocenters. The number of ether oxygens (including phenoxy) is 3. The molecular formula is C20H22O4. The van der Waals surface area contributed by atoms with Gasteiger partial charge in [0.1, 0.15) is 11.9 Å². The summed E-state index contributed by atoms with van der Waals surface area (Å²) in [4.78, 5) is 12.5. The third kappa shape index (κ3) is 3.83. The lowest BCUT2D eigenvalue weighted by Gasteiger charge is -2.33. The van der Waals surface area contributed by atoms with Crippen LogP contribution in [0.3, 0.4) is 0 Å². The van der Waals surface area contributed by atoms with Gasteiger partial charge in [-0.3, -0.25) is 4.79 Å². The van der Waals surface area contributed by atoms with E-state index in [4.69, 9.17) is 14.2 Å². The monoisotopic (exact) mass is 326 g/mol. The zero-order chi connectivity index (χ0) is 16.9. The molecule has 0 saturated carbocycles. The zero-order valence-electron chi connectivity index (χ0n) is 14.0. The predicted molar refractivity (Wildman–Crippen MR) is 90.9 cm³/mol. The van der Waals surface area contributed by atoms with E-state index in [1.54, 1.807) is 7.11 Å². The summed E-state index contributed by atoms with van der Waals surface area (Å²) in [5, 5.41) is 0. The summed E-state index contributed by atoms with van der Waals surface area (Å²) in [6, 6.07) is 17.5. The molecule has 126 valence electrons. The van der Waals surface area contributed by atoms with Crippen molar-refractivity contribution >= 4 is 5.78 Å². The van der Waals surface area contributed by atoms with E-state index in [9.17, 15) is 4.79 Å². The number of benzene rings is 2. The Morgan fingerprint density at radius 2 is 1.79 bits per heavy atom. The molecule has 1 aliphatic heterocycles. The maximum atomic E-state index is 12.5. The second-order valence-electron chi connectivity index (χ2n) is 5.99. The molecule has 3 rings (SSSR count). The SMILES string of the molecule is COc1ccc([C@@H]2CC(=O)[C@H](OCc3ccccc3)[C@@H](C)O2)cc1. The van der Waals surface area contributed by atoms with Crippen molar-refractivity contribution in [2.24, 2.45) is 0 Å². The Labute approximate surface area is 142 Å². The molecular weight excluding hydrogens is 304 g/mol. The fraction of sp³-hybridized carbons (Fsp3) is 0.350. The van der Waals surface area contributed by atoms with Gasteiger partial charge in [0.15, 0.2) is 5.78 Å². The Morgan fingerprint density at radius 1 is 1.08 bits per heavy atom. The Kier molecular flexibility index (Phi) is 5.28. The van der Waals surface area contributed by atoms with Gasteiger partial charge in [0, 0.05) is 6.42 Å². The van der Waals surface area contributed by atoms with Crippen molar-refractivity contribution in [1.29, 1.82) is 0 Å². The molecule has 1 aliphatic rings. The van der Waals surface area contributed by atoms with Crippen LogP contribution in [-0.2, 0) is 20.9 Å². The first-order valence-electron chi connectivity index (χ1n) is 8.15. The molecule has 4 nitrogen and oxygen atoms in total. The minimum absolute atomic E-state index is 0.0884. The first kappa shape index (κ1) is 16.7. The highest BCUT2D eigenvalue weighted by Crippen LogP contribution is 2.31. The van der Waals surface area contributed by atoms with Crippen LogP contribution in [0, 0.1) is 0 Å². The molecule has 24 heavy (non-hydrogen) atoms. The molecule has 0 spiro atoms. The number of methoxy groups -OCH3 is 1. The molecule has 0 amide bonds. The largest absolute Gasteiger partial charge is 0.497 e. The van der Waals surface area contributed by atoms with Crippen LogP contribution in [0.1, 0.15) is 30.6 Å². The van der Waals surface area contributed by atoms with Crippen LogP contribution in [0.25, 0.3) is 0 Å². The van der Waals surface area contributed by atoms with Crippen LogP contribution in [0.4, 0.5) is 0 Å².